The van der Waals surface area contributed by atoms with Crippen LogP contribution in [0.4, 0.5) is 0 Å². The van der Waals surface area contributed by atoms with Gasteiger partial charge in [-0.1, -0.05) is 26.0 Å². The molecule has 0 aliphatic carbocycles. The lowest BCUT2D eigenvalue weighted by atomic mass is 9.90. The van der Waals surface area contributed by atoms with Crippen molar-refractivity contribution in [2.45, 2.75) is 39.2 Å². The second kappa shape index (κ2) is 4.52. The van der Waals surface area contributed by atoms with E-state index in [4.69, 9.17) is 10.8 Å². The van der Waals surface area contributed by atoms with Crippen molar-refractivity contribution in [3.8, 4) is 0 Å². The molecule has 0 fully saturated rings. The van der Waals surface area contributed by atoms with Crippen LogP contribution in [0.15, 0.2) is 0 Å². The molecule has 0 saturated carbocycles. The third kappa shape index (κ3) is 3.02. The molecule has 7 heteroatoms. The second-order valence-corrected chi connectivity index (χ2v) is 4.78. The van der Waals surface area contributed by atoms with Crippen LogP contribution in [0.2, 0.25) is 0 Å². The van der Waals surface area contributed by atoms with Gasteiger partial charge in [0.05, 0.1) is 12.2 Å². The van der Waals surface area contributed by atoms with E-state index >= 15 is 0 Å². The summed E-state index contributed by atoms with van der Waals surface area (Å²) in [7, 11) is 0. The van der Waals surface area contributed by atoms with Gasteiger partial charge in [0.2, 0.25) is 5.91 Å². The summed E-state index contributed by atoms with van der Waals surface area (Å²) in [6.45, 7) is 5.82. The van der Waals surface area contributed by atoms with E-state index in [0.717, 1.165) is 0 Å². The fraction of sp³-hybridized carbons (Fsp3) is 0.600. The minimum Gasteiger partial charge on any atom is -0.476 e. The molecule has 7 nitrogen and oxygen atoms in total. The molecule has 0 aliphatic rings. The number of hydrogen-bond donors (Lipinski definition) is 2. The molecule has 0 aliphatic heterocycles. The number of nitrogens with zero attached hydrogens (tertiary/aromatic N) is 3. The number of hydrogen-bond acceptors (Lipinski definition) is 4. The van der Waals surface area contributed by atoms with E-state index in [9.17, 15) is 9.59 Å². The van der Waals surface area contributed by atoms with Gasteiger partial charge < -0.3 is 10.8 Å². The molecule has 1 heterocycles. The van der Waals surface area contributed by atoms with Crippen molar-refractivity contribution in [3.63, 3.8) is 0 Å². The summed E-state index contributed by atoms with van der Waals surface area (Å²) < 4.78 is 1.42. The van der Waals surface area contributed by atoms with E-state index in [0.29, 0.717) is 5.69 Å². The van der Waals surface area contributed by atoms with E-state index in [1.54, 1.807) is 0 Å². The molecular weight excluding hydrogens is 224 g/mol. The van der Waals surface area contributed by atoms with Crippen LogP contribution in [-0.2, 0) is 16.8 Å². The molecule has 1 aromatic heterocycles. The molecule has 17 heavy (non-hydrogen) atoms. The molecule has 0 unspecified atom stereocenters. The van der Waals surface area contributed by atoms with Crippen molar-refractivity contribution >= 4 is 11.9 Å². The van der Waals surface area contributed by atoms with E-state index in [-0.39, 0.29) is 18.7 Å². The standard InChI is InChI=1S/C10H16N4O3/c1-10(2,3)8-7(9(16)17)12-13-14(8)5-4-6(11)15/h4-5H2,1-3H3,(H2,11,15)(H,16,17). The lowest BCUT2D eigenvalue weighted by molar-refractivity contribution is -0.118. The highest BCUT2D eigenvalue weighted by atomic mass is 16.4. The van der Waals surface area contributed by atoms with Gasteiger partial charge in [-0.05, 0) is 0 Å². The van der Waals surface area contributed by atoms with E-state index in [1.165, 1.54) is 4.68 Å². The Morgan fingerprint density at radius 1 is 1.41 bits per heavy atom. The maximum absolute atomic E-state index is 11.0. The van der Waals surface area contributed by atoms with Gasteiger partial charge in [0.15, 0.2) is 5.69 Å². The summed E-state index contributed by atoms with van der Waals surface area (Å²) in [5.74, 6) is -1.59. The molecule has 1 rings (SSSR count). The highest BCUT2D eigenvalue weighted by Crippen LogP contribution is 2.24. The van der Waals surface area contributed by atoms with Gasteiger partial charge in [-0.25, -0.2) is 9.48 Å². The van der Waals surface area contributed by atoms with Crippen molar-refractivity contribution in [1.82, 2.24) is 15.0 Å². The second-order valence-electron chi connectivity index (χ2n) is 4.78. The first-order valence-electron chi connectivity index (χ1n) is 5.19. The van der Waals surface area contributed by atoms with Crippen LogP contribution < -0.4 is 5.73 Å². The van der Waals surface area contributed by atoms with Crippen LogP contribution in [0.5, 0.6) is 0 Å². The first-order valence-corrected chi connectivity index (χ1v) is 5.19. The zero-order valence-corrected chi connectivity index (χ0v) is 10.1. The van der Waals surface area contributed by atoms with Crippen molar-refractivity contribution < 1.29 is 14.7 Å². The summed E-state index contributed by atoms with van der Waals surface area (Å²) in [6.07, 6.45) is 0.103. The fourth-order valence-corrected chi connectivity index (χ4v) is 1.57. The van der Waals surface area contributed by atoms with Crippen molar-refractivity contribution in [2.24, 2.45) is 5.73 Å². The summed E-state index contributed by atoms with van der Waals surface area (Å²) in [4.78, 5) is 21.7. The highest BCUT2D eigenvalue weighted by molar-refractivity contribution is 5.86. The van der Waals surface area contributed by atoms with Gasteiger partial charge in [0.1, 0.15) is 0 Å². The predicted molar refractivity (Wildman–Crippen MR) is 59.5 cm³/mol. The Kier molecular flexibility index (Phi) is 3.50. The average Bonchev–Trinajstić information content (AvgIpc) is 2.57. The lowest BCUT2D eigenvalue weighted by Crippen LogP contribution is -2.23. The third-order valence-corrected chi connectivity index (χ3v) is 2.22. The molecule has 1 amide bonds. The van der Waals surface area contributed by atoms with E-state index in [1.807, 2.05) is 20.8 Å². The number of aromatic nitrogens is 3. The number of amides is 1. The van der Waals surface area contributed by atoms with Gasteiger partial charge in [-0.15, -0.1) is 5.10 Å². The Labute approximate surface area is 98.6 Å². The normalized spacial score (nSPS) is 11.5. The average molecular weight is 240 g/mol. The number of aryl methyl sites for hydroxylation is 1. The topological polar surface area (TPSA) is 111 Å². The van der Waals surface area contributed by atoms with Crippen molar-refractivity contribution in [2.75, 3.05) is 0 Å². The van der Waals surface area contributed by atoms with Crippen LogP contribution >= 0.6 is 0 Å². The first-order chi connectivity index (χ1) is 7.73. The Morgan fingerprint density at radius 2 is 2.00 bits per heavy atom. The molecular formula is C10H16N4O3. The van der Waals surface area contributed by atoms with Crippen LogP contribution in [0.3, 0.4) is 0 Å². The molecule has 1 aromatic rings. The highest BCUT2D eigenvalue weighted by Gasteiger charge is 2.28. The number of carbonyl (C=O) groups excluding carboxylic acids is 1. The molecule has 3 N–H and O–H groups in total. The maximum Gasteiger partial charge on any atom is 0.358 e. The van der Waals surface area contributed by atoms with Gasteiger partial charge >= 0.3 is 5.97 Å². The van der Waals surface area contributed by atoms with E-state index in [2.05, 4.69) is 10.3 Å². The Morgan fingerprint density at radius 3 is 2.41 bits per heavy atom. The summed E-state index contributed by atoms with van der Waals surface area (Å²) in [5, 5.41) is 16.4. The van der Waals surface area contributed by atoms with Gasteiger partial charge in [0.25, 0.3) is 0 Å². The number of nitrogens with two attached hydrogens (primary N) is 1. The van der Waals surface area contributed by atoms with Gasteiger partial charge in [0, 0.05) is 11.8 Å². The summed E-state index contributed by atoms with van der Waals surface area (Å²) in [6, 6.07) is 0. The van der Waals surface area contributed by atoms with Crippen LogP contribution in [0.1, 0.15) is 43.4 Å². The number of rotatable bonds is 4. The summed E-state index contributed by atoms with van der Waals surface area (Å²) in [5.41, 5.74) is 5.04. The minimum atomic E-state index is -1.12. The van der Waals surface area contributed by atoms with E-state index < -0.39 is 17.3 Å². The molecule has 0 saturated heterocycles. The van der Waals surface area contributed by atoms with Gasteiger partial charge in [-0.2, -0.15) is 0 Å². The summed E-state index contributed by atoms with van der Waals surface area (Å²) >= 11 is 0. The van der Waals surface area contributed by atoms with Gasteiger partial charge in [-0.3, -0.25) is 4.79 Å². The lowest BCUT2D eigenvalue weighted by Gasteiger charge is -2.20. The SMILES string of the molecule is CC(C)(C)c1c(C(=O)O)nnn1CCC(N)=O. The predicted octanol–water partition coefficient (Wildman–Crippen LogP) is 0.149. The quantitative estimate of drug-likeness (QED) is 0.778. The number of carboxylic acids is 1. The number of carbonyl (C=O) groups is 2. The van der Waals surface area contributed by atoms with Crippen LogP contribution in [-0.4, -0.2) is 32.0 Å². The number of aromatic carboxylic acids is 1. The van der Waals surface area contributed by atoms with Crippen molar-refractivity contribution in [3.05, 3.63) is 11.4 Å². The Hall–Kier alpha value is -1.92. The van der Waals surface area contributed by atoms with Crippen molar-refractivity contribution in [1.29, 1.82) is 0 Å². The molecule has 94 valence electrons. The zero-order chi connectivity index (χ0) is 13.2. The van der Waals surface area contributed by atoms with Crippen LogP contribution in [0.25, 0.3) is 0 Å². The molecule has 0 atom stereocenters. The Bertz CT molecular complexity index is 445. The largest absolute Gasteiger partial charge is 0.476 e. The first kappa shape index (κ1) is 13.1. The smallest absolute Gasteiger partial charge is 0.358 e. The molecule has 0 bridgehead atoms. The third-order valence-electron chi connectivity index (χ3n) is 2.22. The number of carboxylic acid groups (broad SMARTS) is 1. The minimum absolute atomic E-state index is 0.0815. The van der Waals surface area contributed by atoms with Crippen LogP contribution in [0, 0.1) is 0 Å². The number of primary amides is 1. The molecule has 0 aromatic carbocycles. The zero-order valence-electron chi connectivity index (χ0n) is 10.1. The monoisotopic (exact) mass is 240 g/mol. The Balaban J connectivity index is 3.14. The molecule has 0 spiro atoms. The molecule has 0 radical (unpaired) electrons. The maximum atomic E-state index is 11.0. The fourth-order valence-electron chi connectivity index (χ4n) is 1.57.